The van der Waals surface area contributed by atoms with Crippen molar-refractivity contribution >= 4 is 17.6 Å². The molecule has 1 rings (SSSR count). The number of halogens is 1. The van der Waals surface area contributed by atoms with Crippen LogP contribution in [0.3, 0.4) is 0 Å². The van der Waals surface area contributed by atoms with Gasteiger partial charge in [0.1, 0.15) is 11.8 Å². The number of hydrogen-bond donors (Lipinski definition) is 3. The van der Waals surface area contributed by atoms with E-state index in [1.54, 1.807) is 13.8 Å². The zero-order valence-electron chi connectivity index (χ0n) is 8.41. The number of carbonyl (C=O) groups is 1. The Kier molecular flexibility index (Phi) is 3.21. The molecule has 0 aliphatic carbocycles. The lowest BCUT2D eigenvalue weighted by molar-refractivity contribution is -0.138. The highest BCUT2D eigenvalue weighted by atomic mass is 35.5. The summed E-state index contributed by atoms with van der Waals surface area (Å²) in [6.07, 6.45) is 0. The summed E-state index contributed by atoms with van der Waals surface area (Å²) in [4.78, 5) is 10.7. The molecule has 0 aliphatic rings. The van der Waals surface area contributed by atoms with Crippen molar-refractivity contribution in [2.75, 3.05) is 0 Å². The summed E-state index contributed by atoms with van der Waals surface area (Å²) in [5, 5.41) is 18.7. The molecule has 82 valence electrons. The molecule has 1 aromatic rings. The number of nitrogens with two attached hydrogens (primary N) is 1. The molecular weight excluding hydrogens is 218 g/mol. The van der Waals surface area contributed by atoms with Crippen molar-refractivity contribution in [3.05, 3.63) is 27.8 Å². The molecule has 0 amide bonds. The summed E-state index contributed by atoms with van der Waals surface area (Å²) in [7, 11) is 0. The van der Waals surface area contributed by atoms with Crippen LogP contribution >= 0.6 is 11.6 Å². The Morgan fingerprint density at radius 3 is 2.53 bits per heavy atom. The fraction of sp³-hybridized carbons (Fsp3) is 0.300. The number of phenolic OH excluding ortho intramolecular Hbond substituents is 1. The number of benzene rings is 1. The van der Waals surface area contributed by atoms with Crippen LogP contribution in [-0.2, 0) is 4.79 Å². The number of aromatic hydroxyl groups is 1. The first kappa shape index (κ1) is 11.8. The number of hydrogen-bond acceptors (Lipinski definition) is 3. The lowest BCUT2D eigenvalue weighted by atomic mass is 9.98. The van der Waals surface area contributed by atoms with Crippen molar-refractivity contribution in [2.24, 2.45) is 5.73 Å². The van der Waals surface area contributed by atoms with Crippen LogP contribution in [0.2, 0.25) is 5.02 Å². The summed E-state index contributed by atoms with van der Waals surface area (Å²) < 4.78 is 0. The van der Waals surface area contributed by atoms with Gasteiger partial charge in [-0.05, 0) is 31.0 Å². The second-order valence-electron chi connectivity index (χ2n) is 3.38. The van der Waals surface area contributed by atoms with Gasteiger partial charge in [-0.3, -0.25) is 4.79 Å². The maximum atomic E-state index is 10.7. The fourth-order valence-corrected chi connectivity index (χ4v) is 1.87. The molecular formula is C10H12ClNO3. The van der Waals surface area contributed by atoms with Crippen LogP contribution in [0.1, 0.15) is 22.7 Å². The van der Waals surface area contributed by atoms with E-state index >= 15 is 0 Å². The maximum absolute atomic E-state index is 10.7. The van der Waals surface area contributed by atoms with E-state index in [0.717, 1.165) is 0 Å². The molecule has 1 atom stereocenters. The molecule has 4 nitrogen and oxygen atoms in total. The van der Waals surface area contributed by atoms with Crippen LogP contribution in [0.25, 0.3) is 0 Å². The highest BCUT2D eigenvalue weighted by Gasteiger charge is 2.22. The Morgan fingerprint density at radius 1 is 1.53 bits per heavy atom. The molecule has 5 heteroatoms. The molecule has 0 saturated heterocycles. The smallest absolute Gasteiger partial charge is 0.325 e. The molecule has 15 heavy (non-hydrogen) atoms. The third-order valence-electron chi connectivity index (χ3n) is 2.31. The molecule has 0 saturated carbocycles. The van der Waals surface area contributed by atoms with E-state index in [1.807, 2.05) is 0 Å². The third kappa shape index (κ3) is 2.06. The maximum Gasteiger partial charge on any atom is 0.325 e. The van der Waals surface area contributed by atoms with Gasteiger partial charge in [-0.25, -0.2) is 0 Å². The molecule has 0 aliphatic heterocycles. The van der Waals surface area contributed by atoms with Crippen molar-refractivity contribution in [2.45, 2.75) is 19.9 Å². The van der Waals surface area contributed by atoms with E-state index in [1.165, 1.54) is 6.07 Å². The standard InChI is InChI=1S/C10H12ClNO3/c1-4-3-6(11)7(5(2)9(4)13)8(12)10(14)15/h3,8,13H,12H2,1-2H3,(H,14,15). The number of aryl methyl sites for hydroxylation is 1. The SMILES string of the molecule is Cc1cc(Cl)c(C(N)C(=O)O)c(C)c1O. The molecule has 0 spiro atoms. The largest absolute Gasteiger partial charge is 0.507 e. The van der Waals surface area contributed by atoms with Crippen LogP contribution in [0.4, 0.5) is 0 Å². The minimum atomic E-state index is -1.22. The minimum Gasteiger partial charge on any atom is -0.507 e. The molecule has 0 bridgehead atoms. The van der Waals surface area contributed by atoms with Crippen molar-refractivity contribution in [3.8, 4) is 5.75 Å². The molecule has 1 aromatic carbocycles. The summed E-state index contributed by atoms with van der Waals surface area (Å²) in [6, 6.07) is 0.283. The predicted octanol–water partition coefficient (Wildman–Crippen LogP) is 1.75. The summed E-state index contributed by atoms with van der Waals surface area (Å²) >= 11 is 5.89. The van der Waals surface area contributed by atoms with Crippen LogP contribution in [0.5, 0.6) is 5.75 Å². The molecule has 0 fully saturated rings. The van der Waals surface area contributed by atoms with Gasteiger partial charge in [-0.2, -0.15) is 0 Å². The normalized spacial score (nSPS) is 12.5. The summed E-state index contributed by atoms with van der Waals surface area (Å²) in [5.74, 6) is -1.14. The second-order valence-corrected chi connectivity index (χ2v) is 3.79. The van der Waals surface area contributed by atoms with Crippen LogP contribution < -0.4 is 5.73 Å². The first-order chi connectivity index (χ1) is 6.86. The number of phenols is 1. The molecule has 0 heterocycles. The van der Waals surface area contributed by atoms with Crippen molar-refractivity contribution in [3.63, 3.8) is 0 Å². The highest BCUT2D eigenvalue weighted by molar-refractivity contribution is 6.31. The Balaban J connectivity index is 3.42. The second kappa shape index (κ2) is 4.08. The van der Waals surface area contributed by atoms with Gasteiger partial charge in [0.2, 0.25) is 0 Å². The highest BCUT2D eigenvalue weighted by Crippen LogP contribution is 2.34. The average molecular weight is 230 g/mol. The van der Waals surface area contributed by atoms with Crippen molar-refractivity contribution < 1.29 is 15.0 Å². The van der Waals surface area contributed by atoms with Gasteiger partial charge in [0, 0.05) is 10.6 Å². The van der Waals surface area contributed by atoms with E-state index in [-0.39, 0.29) is 16.3 Å². The fourth-order valence-electron chi connectivity index (χ4n) is 1.44. The predicted molar refractivity (Wildman–Crippen MR) is 57.2 cm³/mol. The quantitative estimate of drug-likeness (QED) is 0.721. The van der Waals surface area contributed by atoms with Gasteiger partial charge < -0.3 is 15.9 Å². The van der Waals surface area contributed by atoms with E-state index in [9.17, 15) is 9.90 Å². The number of rotatable bonds is 2. The minimum absolute atomic E-state index is 0.0334. The summed E-state index contributed by atoms with van der Waals surface area (Å²) in [5.41, 5.74) is 6.73. The lowest BCUT2D eigenvalue weighted by Crippen LogP contribution is -2.22. The third-order valence-corrected chi connectivity index (χ3v) is 2.62. The van der Waals surface area contributed by atoms with E-state index in [4.69, 9.17) is 22.4 Å². The Hall–Kier alpha value is -1.26. The Bertz CT molecular complexity index is 418. The Morgan fingerprint density at radius 2 is 2.07 bits per heavy atom. The van der Waals surface area contributed by atoms with Crippen molar-refractivity contribution in [1.82, 2.24) is 0 Å². The molecule has 4 N–H and O–H groups in total. The number of aliphatic carboxylic acids is 1. The van der Waals surface area contributed by atoms with E-state index in [0.29, 0.717) is 11.1 Å². The van der Waals surface area contributed by atoms with E-state index < -0.39 is 12.0 Å². The number of carboxylic acid groups (broad SMARTS) is 1. The first-order valence-electron chi connectivity index (χ1n) is 4.33. The zero-order chi connectivity index (χ0) is 11.7. The molecule has 0 radical (unpaired) electrons. The monoisotopic (exact) mass is 229 g/mol. The van der Waals surface area contributed by atoms with Crippen LogP contribution in [0, 0.1) is 13.8 Å². The van der Waals surface area contributed by atoms with Gasteiger partial charge in [-0.1, -0.05) is 11.6 Å². The van der Waals surface area contributed by atoms with Gasteiger partial charge in [0.25, 0.3) is 0 Å². The molecule has 1 unspecified atom stereocenters. The van der Waals surface area contributed by atoms with Gasteiger partial charge in [0.05, 0.1) is 0 Å². The van der Waals surface area contributed by atoms with Gasteiger partial charge >= 0.3 is 5.97 Å². The van der Waals surface area contributed by atoms with Crippen LogP contribution in [-0.4, -0.2) is 16.2 Å². The van der Waals surface area contributed by atoms with Crippen LogP contribution in [0.15, 0.2) is 6.07 Å². The summed E-state index contributed by atoms with van der Waals surface area (Å²) in [6.45, 7) is 3.27. The lowest BCUT2D eigenvalue weighted by Gasteiger charge is -2.15. The average Bonchev–Trinajstić information content (AvgIpc) is 2.14. The zero-order valence-corrected chi connectivity index (χ0v) is 9.17. The van der Waals surface area contributed by atoms with Gasteiger partial charge in [-0.15, -0.1) is 0 Å². The number of carboxylic acids is 1. The topological polar surface area (TPSA) is 83.6 Å². The van der Waals surface area contributed by atoms with Gasteiger partial charge in [0.15, 0.2) is 0 Å². The first-order valence-corrected chi connectivity index (χ1v) is 4.71. The Labute approximate surface area is 92.3 Å². The molecule has 0 aromatic heterocycles. The van der Waals surface area contributed by atoms with Crippen molar-refractivity contribution in [1.29, 1.82) is 0 Å². The van der Waals surface area contributed by atoms with E-state index in [2.05, 4.69) is 0 Å².